The first-order valence-electron chi connectivity index (χ1n) is 11.5. The topological polar surface area (TPSA) is 123 Å². The molecule has 1 spiro atoms. The Labute approximate surface area is 176 Å². The van der Waals surface area contributed by atoms with Crippen LogP contribution in [-0.4, -0.2) is 105 Å². The number of methoxy groups -OCH3 is 2. The standard InChI is InChI=1S/C22H35NO7/c1-4-23-9-19(26)6-5-13(24)21-11-7-10-12(29-2)8-20(27,14(11)15(10)25)22(28,18(21)23)17(30-3)16(19)21/h10-18,24-28H,4-9H2,1-3H3/t10-,11-,12+,13+,14-,15-,16-,17+,18+,19-,20-,21+,22-/m1/s1. The van der Waals surface area contributed by atoms with E-state index in [1.165, 1.54) is 7.11 Å². The average Bonchev–Trinajstić information content (AvgIpc) is 3.09. The first-order chi connectivity index (χ1) is 14.2. The van der Waals surface area contributed by atoms with Crippen molar-refractivity contribution in [3.8, 4) is 0 Å². The van der Waals surface area contributed by atoms with Crippen LogP contribution in [0.25, 0.3) is 0 Å². The Hall–Kier alpha value is -0.320. The molecule has 8 heteroatoms. The summed E-state index contributed by atoms with van der Waals surface area (Å²) in [6.45, 7) is 2.96. The molecular weight excluding hydrogens is 390 g/mol. The minimum atomic E-state index is -1.73. The highest BCUT2D eigenvalue weighted by molar-refractivity contribution is 5.41. The van der Waals surface area contributed by atoms with E-state index < -0.39 is 58.4 Å². The molecule has 6 aliphatic rings. The van der Waals surface area contributed by atoms with Crippen molar-refractivity contribution in [2.24, 2.45) is 29.1 Å². The van der Waals surface area contributed by atoms with Gasteiger partial charge in [0.1, 0.15) is 11.2 Å². The van der Waals surface area contributed by atoms with Crippen LogP contribution in [0.5, 0.6) is 0 Å². The van der Waals surface area contributed by atoms with E-state index in [1.807, 2.05) is 6.92 Å². The fourth-order valence-electron chi connectivity index (χ4n) is 10.0. The number of nitrogens with zero attached hydrogens (tertiary/aromatic N) is 1. The first kappa shape index (κ1) is 20.3. The highest BCUT2D eigenvalue weighted by atomic mass is 16.5. The highest BCUT2D eigenvalue weighted by Gasteiger charge is 2.91. The summed E-state index contributed by atoms with van der Waals surface area (Å²) in [4.78, 5) is 2.06. The summed E-state index contributed by atoms with van der Waals surface area (Å²) in [5.41, 5.74) is -5.31. The Morgan fingerprint density at radius 1 is 1.10 bits per heavy atom. The summed E-state index contributed by atoms with van der Waals surface area (Å²) in [5.74, 6) is -1.45. The smallest absolute Gasteiger partial charge is 0.136 e. The van der Waals surface area contributed by atoms with Crippen LogP contribution in [0.2, 0.25) is 0 Å². The molecule has 6 rings (SSSR count). The molecule has 1 aliphatic heterocycles. The number of aliphatic hydroxyl groups excluding tert-OH is 2. The van der Waals surface area contributed by atoms with Crippen LogP contribution < -0.4 is 0 Å². The predicted molar refractivity (Wildman–Crippen MR) is 104 cm³/mol. The van der Waals surface area contributed by atoms with Crippen LogP contribution in [0.15, 0.2) is 0 Å². The third-order valence-electron chi connectivity index (χ3n) is 10.6. The molecule has 30 heavy (non-hydrogen) atoms. The maximum atomic E-state index is 12.5. The molecule has 0 unspecified atom stereocenters. The number of rotatable bonds is 3. The number of likely N-dealkylation sites (tertiary alicyclic amines) is 1. The van der Waals surface area contributed by atoms with Gasteiger partial charge in [-0.1, -0.05) is 6.92 Å². The molecule has 5 N–H and O–H groups in total. The van der Waals surface area contributed by atoms with Gasteiger partial charge in [-0.25, -0.2) is 0 Å². The number of aliphatic hydroxyl groups is 5. The molecule has 0 amide bonds. The minimum absolute atomic E-state index is 0.151. The number of hydrogen-bond donors (Lipinski definition) is 5. The van der Waals surface area contributed by atoms with Crippen molar-refractivity contribution in [3.05, 3.63) is 0 Å². The van der Waals surface area contributed by atoms with Gasteiger partial charge in [0, 0.05) is 50.4 Å². The normalized spacial score (nSPS) is 65.8. The van der Waals surface area contributed by atoms with Crippen molar-refractivity contribution in [3.63, 3.8) is 0 Å². The van der Waals surface area contributed by atoms with Crippen molar-refractivity contribution in [2.75, 3.05) is 27.3 Å². The molecule has 5 aliphatic carbocycles. The fourth-order valence-corrected chi connectivity index (χ4v) is 10.0. The number of fused-ring (bicyclic) bond motifs is 2. The minimum Gasteiger partial charge on any atom is -0.392 e. The number of ether oxygens (including phenoxy) is 2. The second kappa shape index (κ2) is 5.78. The zero-order valence-corrected chi connectivity index (χ0v) is 17.9. The first-order valence-corrected chi connectivity index (χ1v) is 11.5. The Morgan fingerprint density at radius 2 is 1.83 bits per heavy atom. The van der Waals surface area contributed by atoms with E-state index in [1.54, 1.807) is 7.11 Å². The summed E-state index contributed by atoms with van der Waals surface area (Å²) in [6, 6.07) is -0.548. The third-order valence-corrected chi connectivity index (χ3v) is 10.6. The third kappa shape index (κ3) is 1.73. The molecule has 5 saturated carbocycles. The molecule has 0 aromatic carbocycles. The van der Waals surface area contributed by atoms with Crippen LogP contribution >= 0.6 is 0 Å². The van der Waals surface area contributed by atoms with Gasteiger partial charge in [-0.2, -0.15) is 0 Å². The van der Waals surface area contributed by atoms with Crippen molar-refractivity contribution >= 4 is 0 Å². The van der Waals surface area contributed by atoms with E-state index >= 15 is 0 Å². The lowest BCUT2D eigenvalue weighted by atomic mass is 9.44. The van der Waals surface area contributed by atoms with E-state index in [-0.39, 0.29) is 24.4 Å². The van der Waals surface area contributed by atoms with Crippen LogP contribution in [0.4, 0.5) is 0 Å². The largest absolute Gasteiger partial charge is 0.392 e. The van der Waals surface area contributed by atoms with Gasteiger partial charge in [-0.05, 0) is 31.7 Å². The monoisotopic (exact) mass is 425 g/mol. The van der Waals surface area contributed by atoms with Gasteiger partial charge in [-0.3, -0.25) is 4.90 Å². The molecule has 1 saturated heterocycles. The van der Waals surface area contributed by atoms with E-state index in [2.05, 4.69) is 4.90 Å². The summed E-state index contributed by atoms with van der Waals surface area (Å²) >= 11 is 0. The summed E-state index contributed by atoms with van der Waals surface area (Å²) < 4.78 is 11.6. The lowest BCUT2D eigenvalue weighted by molar-refractivity contribution is -0.319. The quantitative estimate of drug-likeness (QED) is 0.379. The molecule has 0 aromatic rings. The molecule has 170 valence electrons. The average molecular weight is 426 g/mol. The van der Waals surface area contributed by atoms with Gasteiger partial charge in [0.15, 0.2) is 0 Å². The Morgan fingerprint density at radius 3 is 2.47 bits per heavy atom. The van der Waals surface area contributed by atoms with Gasteiger partial charge in [0.25, 0.3) is 0 Å². The number of piperidine rings is 1. The van der Waals surface area contributed by atoms with E-state index in [9.17, 15) is 25.5 Å². The number of hydrogen-bond acceptors (Lipinski definition) is 8. The molecule has 7 bridgehead atoms. The van der Waals surface area contributed by atoms with Gasteiger partial charge in [0.05, 0.1) is 36.1 Å². The number of likely N-dealkylation sites (N-methyl/N-ethyl adjacent to an activating group) is 1. The van der Waals surface area contributed by atoms with Crippen molar-refractivity contribution in [1.29, 1.82) is 0 Å². The molecule has 0 aromatic heterocycles. The van der Waals surface area contributed by atoms with E-state index in [0.717, 1.165) is 0 Å². The predicted octanol–water partition coefficient (Wildman–Crippen LogP) is -1.28. The molecule has 8 nitrogen and oxygen atoms in total. The maximum absolute atomic E-state index is 12.5. The summed E-state index contributed by atoms with van der Waals surface area (Å²) in [6.07, 6.45) is -1.07. The van der Waals surface area contributed by atoms with Crippen molar-refractivity contribution in [1.82, 2.24) is 4.90 Å². The second-order valence-electron chi connectivity index (χ2n) is 11.0. The lowest BCUT2D eigenvalue weighted by Crippen LogP contribution is -2.82. The number of β-amino-alcohol motifs (C(OH)–C–C–N with tert-alkyl or cyclic N) is 1. The van der Waals surface area contributed by atoms with Crippen LogP contribution in [0.1, 0.15) is 32.6 Å². The molecule has 0 radical (unpaired) electrons. The van der Waals surface area contributed by atoms with Gasteiger partial charge < -0.3 is 35.0 Å². The van der Waals surface area contributed by atoms with E-state index in [0.29, 0.717) is 32.4 Å². The molecule has 13 atom stereocenters. The van der Waals surface area contributed by atoms with Crippen LogP contribution in [0, 0.1) is 29.1 Å². The molecular formula is C22H35NO7. The Balaban J connectivity index is 1.68. The fraction of sp³-hybridized carbons (Fsp3) is 1.00. The second-order valence-corrected chi connectivity index (χ2v) is 11.0. The summed E-state index contributed by atoms with van der Waals surface area (Å²) in [7, 11) is 3.11. The van der Waals surface area contributed by atoms with Gasteiger partial charge in [0.2, 0.25) is 0 Å². The van der Waals surface area contributed by atoms with E-state index in [4.69, 9.17) is 9.47 Å². The summed E-state index contributed by atoms with van der Waals surface area (Å²) in [5, 5.41) is 59.6. The Kier molecular flexibility index (Phi) is 3.91. The van der Waals surface area contributed by atoms with Gasteiger partial charge >= 0.3 is 0 Å². The highest BCUT2D eigenvalue weighted by Crippen LogP contribution is 2.78. The van der Waals surface area contributed by atoms with Crippen LogP contribution in [-0.2, 0) is 9.47 Å². The SMILES string of the molecule is CCN1C[C@]2(O)CC[C@H](O)[C@@]34[C@@H]5C[C@H]6[C@@H](O)[C@@H]5[C@](O)(C[C@@H]6OC)[C@@](O)([C@@H](OC)[C@H]23)[C@@H]14. The zero-order valence-electron chi connectivity index (χ0n) is 17.9. The lowest BCUT2D eigenvalue weighted by Gasteiger charge is -2.68. The van der Waals surface area contributed by atoms with Crippen molar-refractivity contribution < 1.29 is 35.0 Å². The zero-order chi connectivity index (χ0) is 21.4. The molecule has 1 heterocycles. The molecule has 6 fully saturated rings. The Bertz CT molecular complexity index is 768. The van der Waals surface area contributed by atoms with Crippen LogP contribution in [0.3, 0.4) is 0 Å². The van der Waals surface area contributed by atoms with Crippen molar-refractivity contribution in [2.45, 2.75) is 79.9 Å². The van der Waals surface area contributed by atoms with Gasteiger partial charge in [-0.15, -0.1) is 0 Å². The maximum Gasteiger partial charge on any atom is 0.136 e.